The molecule has 0 spiro atoms. The van der Waals surface area contributed by atoms with Gasteiger partial charge in [0.2, 0.25) is 5.88 Å². The van der Waals surface area contributed by atoms with E-state index in [1.807, 2.05) is 144 Å². The van der Waals surface area contributed by atoms with E-state index in [0.717, 1.165) is 77.7 Å². The second kappa shape index (κ2) is 64.0. The van der Waals surface area contributed by atoms with Gasteiger partial charge in [-0.25, -0.2) is 29.0 Å². The van der Waals surface area contributed by atoms with Gasteiger partial charge in [-0.05, 0) is 281 Å². The third-order valence-corrected chi connectivity index (χ3v) is 25.2. The van der Waals surface area contributed by atoms with Crippen molar-refractivity contribution in [3.05, 3.63) is 293 Å². The van der Waals surface area contributed by atoms with Gasteiger partial charge >= 0.3 is 74.9 Å². The van der Waals surface area contributed by atoms with Crippen LogP contribution in [0.15, 0.2) is 120 Å². The number of amides is 2. The molecule has 2 aromatic heterocycles. The molecular weight excluding hydrogens is 2410 g/mol. The molecule has 9 aromatic rings. The fraction of sp³-hybridized carbons (Fsp3) is 0.398. The molecule has 2 aliphatic heterocycles. The molecular formula is C108H125Cl7CuI3N8O19. The number of esters is 7. The number of carbonyl (C=O) groups excluding carboxylic acids is 9. The standard InChI is InChI=1S/C19H21ClN2O2.C17H20ClNO4.C16H18ClNO4.C15H16ClNO.C12H12ClNO2.C11H12ClNO.C9H8ClIO2.C7H11NO2.CH3I.CH4O.Cu.HI/c1-10-5-6-14-12(3)8-22(19(24)16(14)17(10)20)9-15-11(2)7-13(4)21-18(15)23;1-10-7-8-11(12(13(10)18)14(20)22-6)17(5,9-19)15(21)23-16(2,3)4;1-9-6-7-10(12(13(9)17)15(20)21-5)11(8-18)14(19)22-16(2,3)4;1-11-8-12(2)17-15(14(11)9-16)18-10-13-6-4-3-5-7-13;1-7-4-5-9(8(2)6-14)10(11(7)13)12(15)16-3;1-6-3-4-8-7(2)5-13-11(14)9(8)10(6)12;1-5-3-4-6(11)7(8(5)10)9(12)13-2;1-7(2,3)10-6(9)4-5-8;2*1-2;;/h5-7,12H,8-9H2,1-4H3,(H,21,23);7-8H,1-6H3;6-7,11H,1-5H3;3-8H,9-10H2,1-2H3;4-5,8H,1-3H3;3-4,7H,5H2,1-2H3,(H,13,14);3-4H,1-2H3;4H2,1-3H3;1H3;2H,1H3;;1H/q;;;;;;;;;;+1;/p-1. The number of aliphatic hydroxyl groups is 1. The zero-order valence-electron chi connectivity index (χ0n) is 87.1. The summed E-state index contributed by atoms with van der Waals surface area (Å²) < 4.78 is 40.7. The van der Waals surface area contributed by atoms with Gasteiger partial charge < -0.3 is 58.2 Å². The average molecular weight is 2530 g/mol. The Kier molecular flexibility index (Phi) is 58.9. The van der Waals surface area contributed by atoms with Crippen LogP contribution in [0.1, 0.15) is 283 Å². The number of rotatable bonds is 16. The van der Waals surface area contributed by atoms with Crippen molar-refractivity contribution in [3.63, 3.8) is 0 Å². The van der Waals surface area contributed by atoms with Gasteiger partial charge in [-0.3, -0.25) is 24.0 Å². The molecule has 7 aromatic carbocycles. The molecule has 3 N–H and O–H groups in total. The summed E-state index contributed by atoms with van der Waals surface area (Å²) in [6.07, 6.45) is -0.169. The number of carbonyl (C=O) groups is 9. The summed E-state index contributed by atoms with van der Waals surface area (Å²) in [5, 5.41) is 48.0. The molecule has 5 unspecified atom stereocenters. The van der Waals surface area contributed by atoms with Crippen molar-refractivity contribution in [2.75, 3.05) is 53.6 Å². The van der Waals surface area contributed by atoms with Crippen LogP contribution in [0, 0.1) is 118 Å². The van der Waals surface area contributed by atoms with Gasteiger partial charge in [0, 0.05) is 46.3 Å². The van der Waals surface area contributed by atoms with Crippen LogP contribution in [0.4, 0.5) is 0 Å². The summed E-state index contributed by atoms with van der Waals surface area (Å²) in [6.45, 7) is 43.5. The molecule has 2 amide bonds. The van der Waals surface area contributed by atoms with Crippen molar-refractivity contribution >= 4 is 200 Å². The number of aromatic nitrogens is 2. The zero-order valence-corrected chi connectivity index (χ0v) is 99.8. The van der Waals surface area contributed by atoms with E-state index >= 15 is 0 Å². The van der Waals surface area contributed by atoms with E-state index in [1.54, 1.807) is 146 Å². The van der Waals surface area contributed by atoms with Crippen molar-refractivity contribution in [2.45, 2.75) is 231 Å². The molecule has 27 nitrogen and oxygen atoms in total. The molecule has 0 saturated heterocycles. The van der Waals surface area contributed by atoms with E-state index in [9.17, 15) is 58.5 Å². The molecule has 792 valence electrons. The van der Waals surface area contributed by atoms with E-state index in [4.69, 9.17) is 125 Å². The monoisotopic (exact) mass is 2530 g/mol. The number of hydrogen-bond acceptors (Lipinski definition) is 24. The van der Waals surface area contributed by atoms with Gasteiger partial charge in [0.15, 0.2) is 11.3 Å². The first-order valence-corrected chi connectivity index (χ1v) is 53.7. The number of aromatic amines is 1. The summed E-state index contributed by atoms with van der Waals surface area (Å²) >= 11 is 52.9. The van der Waals surface area contributed by atoms with E-state index in [1.165, 1.54) is 47.5 Å². The number of aliphatic hydroxyl groups excluding tert-OH is 1. The Morgan fingerprint density at radius 1 is 0.534 bits per heavy atom. The number of aryl methyl sites for hydroxylation is 10. The number of halogens is 10. The maximum atomic E-state index is 13.0. The quantitative estimate of drug-likeness (QED) is 0.0266. The predicted octanol–water partition coefficient (Wildman–Crippen LogP) is 26.1. The first kappa shape index (κ1) is 134. The fourth-order valence-electron chi connectivity index (χ4n) is 13.7. The molecule has 4 heterocycles. The molecule has 38 heteroatoms. The number of fused-ring (bicyclic) bond motifs is 2. The summed E-state index contributed by atoms with van der Waals surface area (Å²) in [4.78, 5) is 130. The predicted molar refractivity (Wildman–Crippen MR) is 595 cm³/mol. The SMILES string of the molecule is CC(C)(C)OC(=O)CC#N.CI.CO.COC(=O)c1c(C(C#N)C(=O)OC(C)(C)C)ccc(C)c1Cl.COC(=O)c1c(C(C)(C#N)C(=O)OC(C)(C)C)ccc(C)c1Cl.COC(=O)c1c(C(C)C#N)ccc(C)c1Cl.COC(=O)c1c(I)ccc(C)c1Cl.Cc1cc(C)c(CCl)c(OCc2ccccc2)n1.Cc1cc(C)c(CN2CC(C)c3ccc(C)c(Cl)c3C2=O)c(=O)[nH]1.Cc1ccc2c(c1Cl)C(=O)NCC2C.[Cu][I]. The van der Waals surface area contributed by atoms with Crippen LogP contribution in [-0.4, -0.2) is 144 Å². The Hall–Kier alpha value is -9.67. The Morgan fingerprint density at radius 3 is 1.42 bits per heavy atom. The number of nitriles is 4. The normalized spacial score (nSPS) is 13.0. The summed E-state index contributed by atoms with van der Waals surface area (Å²) in [7, 11) is 6.06. The molecule has 0 saturated carbocycles. The number of ether oxygens (including phenoxy) is 8. The summed E-state index contributed by atoms with van der Waals surface area (Å²) in [5.41, 5.74) is 12.5. The number of H-pyrrole nitrogens is 1. The van der Waals surface area contributed by atoms with Gasteiger partial charge in [0.25, 0.3) is 17.4 Å². The number of hydrogen-bond donors (Lipinski definition) is 3. The van der Waals surface area contributed by atoms with E-state index in [-0.39, 0.29) is 62.0 Å². The molecule has 146 heavy (non-hydrogen) atoms. The number of nitrogens with one attached hydrogen (secondary N) is 2. The van der Waals surface area contributed by atoms with Crippen LogP contribution in [0.25, 0.3) is 0 Å². The molecule has 5 atom stereocenters. The minimum absolute atomic E-state index is 0.00377. The third kappa shape index (κ3) is 39.7. The summed E-state index contributed by atoms with van der Waals surface area (Å²) in [6, 6.07) is 43.1. The molecule has 0 radical (unpaired) electrons. The van der Waals surface area contributed by atoms with Gasteiger partial charge in [0.05, 0.1) is 135 Å². The van der Waals surface area contributed by atoms with Crippen molar-refractivity contribution in [1.82, 2.24) is 20.2 Å². The van der Waals surface area contributed by atoms with Crippen LogP contribution in [0.3, 0.4) is 0 Å². The molecule has 0 aliphatic carbocycles. The minimum atomic E-state index is -1.69. The van der Waals surface area contributed by atoms with E-state index in [2.05, 4.69) is 103 Å². The van der Waals surface area contributed by atoms with Crippen LogP contribution in [0.5, 0.6) is 5.88 Å². The van der Waals surface area contributed by atoms with Crippen molar-refractivity contribution < 1.29 is 98.9 Å². The topological polar surface area (TPSA) is 404 Å². The maximum absolute atomic E-state index is 13.0. The Morgan fingerprint density at radius 2 is 0.959 bits per heavy atom. The molecule has 11 rings (SSSR count). The van der Waals surface area contributed by atoms with E-state index < -0.39 is 75.8 Å². The van der Waals surface area contributed by atoms with Gasteiger partial charge in [-0.1, -0.05) is 203 Å². The van der Waals surface area contributed by atoms with Crippen molar-refractivity contribution in [2.24, 2.45) is 0 Å². The van der Waals surface area contributed by atoms with Crippen molar-refractivity contribution in [3.8, 4) is 30.2 Å². The second-order valence-electron chi connectivity index (χ2n) is 35.8. The fourth-order valence-corrected chi connectivity index (χ4v) is 16.3. The Labute approximate surface area is 938 Å². The molecule has 2 aliphatic rings. The second-order valence-corrected chi connectivity index (χ2v) is 39.5. The van der Waals surface area contributed by atoms with Crippen LogP contribution in [0.2, 0.25) is 30.1 Å². The van der Waals surface area contributed by atoms with Crippen molar-refractivity contribution in [1.29, 1.82) is 21.0 Å². The molecule has 0 fully saturated rings. The van der Waals surface area contributed by atoms with Crippen LogP contribution < -0.4 is 15.6 Å². The number of benzene rings is 7. The van der Waals surface area contributed by atoms with Gasteiger partial charge in [0.1, 0.15) is 29.8 Å². The van der Waals surface area contributed by atoms with Gasteiger partial charge in [-0.2, -0.15) is 21.0 Å². The Bertz CT molecular complexity index is 6340. The van der Waals surface area contributed by atoms with Gasteiger partial charge in [-0.15, -0.1) is 11.6 Å². The number of nitrogens with zero attached hydrogens (tertiary/aromatic N) is 6. The van der Waals surface area contributed by atoms with Crippen LogP contribution in [-0.2, 0) is 84.8 Å². The average Bonchev–Trinajstić information content (AvgIpc) is 0.764. The number of pyridine rings is 2. The Balaban J connectivity index is 0.000000838. The molecule has 0 bridgehead atoms. The van der Waals surface area contributed by atoms with E-state index in [0.29, 0.717) is 109 Å². The zero-order chi connectivity index (χ0) is 112. The number of alkyl halides is 2. The van der Waals surface area contributed by atoms with Crippen LogP contribution >= 0.6 is 147 Å². The number of methoxy groups -OCH3 is 4. The first-order valence-electron chi connectivity index (χ1n) is 44.7. The third-order valence-electron chi connectivity index (χ3n) is 21.1. The summed E-state index contributed by atoms with van der Waals surface area (Å²) in [5.74, 6) is -4.47. The first-order chi connectivity index (χ1) is 68.2.